The molecule has 15 heavy (non-hydrogen) atoms. The summed E-state index contributed by atoms with van der Waals surface area (Å²) in [4.78, 5) is 31.7. The van der Waals surface area contributed by atoms with E-state index in [0.29, 0.717) is 0 Å². The fourth-order valence-corrected chi connectivity index (χ4v) is 1.16. The molecule has 6 heteroatoms. The summed E-state index contributed by atoms with van der Waals surface area (Å²) in [6.07, 6.45) is -0.245. The molecule has 0 aromatic heterocycles. The van der Waals surface area contributed by atoms with Crippen LogP contribution in [0.2, 0.25) is 0 Å². The van der Waals surface area contributed by atoms with Gasteiger partial charge in [-0.3, -0.25) is 9.59 Å². The van der Waals surface area contributed by atoms with E-state index in [1.807, 2.05) is 0 Å². The number of carbonyl (C=O) groups is 3. The number of hydrogen-bond donors (Lipinski definition) is 2. The van der Waals surface area contributed by atoms with E-state index >= 15 is 0 Å². The van der Waals surface area contributed by atoms with Gasteiger partial charge in [-0.25, -0.2) is 0 Å². The molecule has 0 bridgehead atoms. The van der Waals surface area contributed by atoms with Crippen molar-refractivity contribution in [1.29, 1.82) is 0 Å². The van der Waals surface area contributed by atoms with Gasteiger partial charge < -0.3 is 20.1 Å². The van der Waals surface area contributed by atoms with Crippen LogP contribution in [0.25, 0.3) is 0 Å². The zero-order valence-electron chi connectivity index (χ0n) is 8.47. The summed E-state index contributed by atoms with van der Waals surface area (Å²) in [5.74, 6) is -7.31. The highest BCUT2D eigenvalue weighted by molar-refractivity contribution is 5.79. The molecular weight excluding hydrogens is 204 g/mol. The van der Waals surface area contributed by atoms with Crippen LogP contribution in [0.3, 0.4) is 0 Å². The number of carboxylic acid groups (broad SMARTS) is 3. The minimum absolute atomic E-state index is 0.245. The van der Waals surface area contributed by atoms with Crippen molar-refractivity contribution in [3.8, 4) is 0 Å². The van der Waals surface area contributed by atoms with Crippen LogP contribution in [0.15, 0.2) is 0 Å². The summed E-state index contributed by atoms with van der Waals surface area (Å²) in [6.45, 7) is 2.55. The Bertz CT molecular complexity index is 272. The SMILES string of the molecule is CC(CC(C(=O)[O-])C(C)C(=O)O)C(=O)O. The smallest absolute Gasteiger partial charge is 0.306 e. The van der Waals surface area contributed by atoms with Gasteiger partial charge >= 0.3 is 11.9 Å². The predicted octanol–water partition coefficient (Wildman–Crippen LogP) is -0.816. The minimum Gasteiger partial charge on any atom is -0.550 e. The summed E-state index contributed by atoms with van der Waals surface area (Å²) in [5.41, 5.74) is 0. The second kappa shape index (κ2) is 5.33. The molecule has 0 aromatic rings. The summed E-state index contributed by atoms with van der Waals surface area (Å²) in [6, 6.07) is 0. The zero-order chi connectivity index (χ0) is 12.2. The number of carbonyl (C=O) groups excluding carboxylic acids is 1. The van der Waals surface area contributed by atoms with Crippen LogP contribution >= 0.6 is 0 Å². The maximum atomic E-state index is 10.6. The van der Waals surface area contributed by atoms with Crippen molar-refractivity contribution in [2.24, 2.45) is 17.8 Å². The topological polar surface area (TPSA) is 115 Å². The molecule has 86 valence electrons. The van der Waals surface area contributed by atoms with E-state index in [2.05, 4.69) is 0 Å². The Morgan fingerprint density at radius 1 is 1.13 bits per heavy atom. The van der Waals surface area contributed by atoms with Crippen molar-refractivity contribution >= 4 is 17.9 Å². The molecule has 2 N–H and O–H groups in total. The van der Waals surface area contributed by atoms with E-state index in [1.165, 1.54) is 13.8 Å². The molecular formula is C9H13O6-. The van der Waals surface area contributed by atoms with Gasteiger partial charge in [-0.1, -0.05) is 13.8 Å². The first-order chi connectivity index (χ1) is 6.77. The molecule has 0 spiro atoms. The van der Waals surface area contributed by atoms with Gasteiger partial charge in [0, 0.05) is 11.9 Å². The molecule has 3 atom stereocenters. The summed E-state index contributed by atoms with van der Waals surface area (Å²) in [5, 5.41) is 27.8. The Hall–Kier alpha value is -1.59. The van der Waals surface area contributed by atoms with Crippen LogP contribution in [-0.2, 0) is 14.4 Å². The maximum absolute atomic E-state index is 10.6. The van der Waals surface area contributed by atoms with Gasteiger partial charge in [0.05, 0.1) is 11.8 Å². The lowest BCUT2D eigenvalue weighted by Crippen LogP contribution is -2.39. The molecule has 6 nitrogen and oxygen atoms in total. The van der Waals surface area contributed by atoms with E-state index in [4.69, 9.17) is 10.2 Å². The average Bonchev–Trinajstić information content (AvgIpc) is 2.11. The molecule has 0 aliphatic rings. The van der Waals surface area contributed by atoms with Crippen molar-refractivity contribution in [1.82, 2.24) is 0 Å². The maximum Gasteiger partial charge on any atom is 0.306 e. The van der Waals surface area contributed by atoms with Gasteiger partial charge in [0.25, 0.3) is 0 Å². The summed E-state index contributed by atoms with van der Waals surface area (Å²) >= 11 is 0. The van der Waals surface area contributed by atoms with E-state index in [1.54, 1.807) is 0 Å². The Kier molecular flexibility index (Phi) is 4.77. The van der Waals surface area contributed by atoms with Crippen molar-refractivity contribution < 1.29 is 29.7 Å². The van der Waals surface area contributed by atoms with Gasteiger partial charge in [0.2, 0.25) is 0 Å². The quantitative estimate of drug-likeness (QED) is 0.600. The number of aliphatic carboxylic acids is 3. The predicted molar refractivity (Wildman–Crippen MR) is 46.7 cm³/mol. The van der Waals surface area contributed by atoms with Crippen molar-refractivity contribution in [3.05, 3.63) is 0 Å². The first-order valence-electron chi connectivity index (χ1n) is 4.43. The molecule has 0 radical (unpaired) electrons. The first-order valence-corrected chi connectivity index (χ1v) is 4.43. The third-order valence-corrected chi connectivity index (χ3v) is 2.32. The minimum atomic E-state index is -1.53. The highest BCUT2D eigenvalue weighted by Crippen LogP contribution is 2.20. The van der Waals surface area contributed by atoms with Crippen molar-refractivity contribution in [3.63, 3.8) is 0 Å². The van der Waals surface area contributed by atoms with E-state index in [0.717, 1.165) is 0 Å². The van der Waals surface area contributed by atoms with Gasteiger partial charge in [-0.05, 0) is 6.42 Å². The lowest BCUT2D eigenvalue weighted by molar-refractivity contribution is -0.313. The van der Waals surface area contributed by atoms with Crippen LogP contribution in [0.5, 0.6) is 0 Å². The van der Waals surface area contributed by atoms with Crippen LogP contribution in [-0.4, -0.2) is 28.1 Å². The van der Waals surface area contributed by atoms with E-state index < -0.39 is 35.7 Å². The van der Waals surface area contributed by atoms with Gasteiger partial charge in [-0.15, -0.1) is 0 Å². The number of rotatable bonds is 6. The van der Waals surface area contributed by atoms with Crippen LogP contribution in [0.4, 0.5) is 0 Å². The lowest BCUT2D eigenvalue weighted by atomic mass is 9.86. The third kappa shape index (κ3) is 3.97. The third-order valence-electron chi connectivity index (χ3n) is 2.32. The molecule has 3 unspecified atom stereocenters. The monoisotopic (exact) mass is 217 g/mol. The lowest BCUT2D eigenvalue weighted by Gasteiger charge is -2.23. The van der Waals surface area contributed by atoms with Crippen LogP contribution < -0.4 is 5.11 Å². The molecule has 0 heterocycles. The highest BCUT2D eigenvalue weighted by Gasteiger charge is 2.28. The molecule has 0 saturated carbocycles. The largest absolute Gasteiger partial charge is 0.550 e. The van der Waals surface area contributed by atoms with Crippen LogP contribution in [0.1, 0.15) is 20.3 Å². The number of hydrogen-bond acceptors (Lipinski definition) is 4. The molecule has 0 aromatic carbocycles. The van der Waals surface area contributed by atoms with Gasteiger partial charge in [0.15, 0.2) is 0 Å². The molecule has 0 aliphatic carbocycles. The Morgan fingerprint density at radius 2 is 1.60 bits per heavy atom. The molecule has 0 aliphatic heterocycles. The second-order valence-electron chi connectivity index (χ2n) is 3.53. The Balaban J connectivity index is 4.62. The Labute approximate surface area is 86.5 Å². The summed E-state index contributed by atoms with van der Waals surface area (Å²) < 4.78 is 0. The second-order valence-corrected chi connectivity index (χ2v) is 3.53. The van der Waals surface area contributed by atoms with Gasteiger partial charge in [-0.2, -0.15) is 0 Å². The van der Waals surface area contributed by atoms with Gasteiger partial charge in [0.1, 0.15) is 0 Å². The summed E-state index contributed by atoms with van der Waals surface area (Å²) in [7, 11) is 0. The first kappa shape index (κ1) is 13.4. The molecule has 0 amide bonds. The fraction of sp³-hybridized carbons (Fsp3) is 0.667. The molecule has 0 fully saturated rings. The van der Waals surface area contributed by atoms with E-state index in [-0.39, 0.29) is 6.42 Å². The Morgan fingerprint density at radius 3 is 1.87 bits per heavy atom. The molecule has 0 rings (SSSR count). The average molecular weight is 217 g/mol. The van der Waals surface area contributed by atoms with Crippen LogP contribution in [0, 0.1) is 17.8 Å². The normalized spacial score (nSPS) is 16.4. The standard InChI is InChI=1S/C9H14O6/c1-4(7(10)11)3-6(9(14)15)5(2)8(12)13/h4-6H,3H2,1-2H3,(H,10,11)(H,12,13)(H,14,15)/p-1. The zero-order valence-corrected chi connectivity index (χ0v) is 8.47. The van der Waals surface area contributed by atoms with Crippen molar-refractivity contribution in [2.75, 3.05) is 0 Å². The highest BCUT2D eigenvalue weighted by atomic mass is 16.4. The van der Waals surface area contributed by atoms with Crippen molar-refractivity contribution in [2.45, 2.75) is 20.3 Å². The molecule has 0 saturated heterocycles. The van der Waals surface area contributed by atoms with E-state index in [9.17, 15) is 19.5 Å². The number of carboxylic acids is 3. The fourth-order valence-electron chi connectivity index (χ4n) is 1.16.